The van der Waals surface area contributed by atoms with Gasteiger partial charge in [-0.25, -0.2) is 8.42 Å². The predicted molar refractivity (Wildman–Crippen MR) is 86.6 cm³/mol. The van der Waals surface area contributed by atoms with E-state index in [4.69, 9.17) is 16.3 Å². The number of methoxy groups -OCH3 is 1. The molecule has 118 valence electrons. The molecule has 0 saturated heterocycles. The minimum atomic E-state index is -3.32. The van der Waals surface area contributed by atoms with E-state index in [9.17, 15) is 8.42 Å². The fourth-order valence-electron chi connectivity index (χ4n) is 2.57. The SMILES string of the molecule is COC1CCC(Nc2ccc(NS(C)(=O)=O)c(Cl)c2)CC1. The first kappa shape index (κ1) is 16.4. The normalized spacial score (nSPS) is 22.8. The summed E-state index contributed by atoms with van der Waals surface area (Å²) in [7, 11) is -1.56. The molecule has 0 heterocycles. The molecule has 2 N–H and O–H groups in total. The van der Waals surface area contributed by atoms with Crippen molar-refractivity contribution >= 4 is 33.0 Å². The summed E-state index contributed by atoms with van der Waals surface area (Å²) in [6, 6.07) is 5.66. The van der Waals surface area contributed by atoms with Crippen LogP contribution >= 0.6 is 11.6 Å². The van der Waals surface area contributed by atoms with Crippen molar-refractivity contribution in [3.8, 4) is 0 Å². The van der Waals surface area contributed by atoms with Crippen LogP contribution in [0.1, 0.15) is 25.7 Å². The predicted octanol–water partition coefficient (Wildman–Crippen LogP) is 3.08. The smallest absolute Gasteiger partial charge is 0.229 e. The topological polar surface area (TPSA) is 67.4 Å². The van der Waals surface area contributed by atoms with Crippen LogP contribution in [0, 0.1) is 0 Å². The molecule has 1 aliphatic carbocycles. The average Bonchev–Trinajstić information content (AvgIpc) is 2.41. The van der Waals surface area contributed by atoms with Gasteiger partial charge >= 0.3 is 0 Å². The molecule has 1 aromatic rings. The summed E-state index contributed by atoms with van der Waals surface area (Å²) in [4.78, 5) is 0. The molecule has 5 nitrogen and oxygen atoms in total. The molecule has 21 heavy (non-hydrogen) atoms. The second-order valence-electron chi connectivity index (χ2n) is 5.42. The van der Waals surface area contributed by atoms with Gasteiger partial charge in [-0.1, -0.05) is 11.6 Å². The van der Waals surface area contributed by atoms with Crippen LogP contribution in [0.5, 0.6) is 0 Å². The van der Waals surface area contributed by atoms with Crippen LogP contribution in [0.25, 0.3) is 0 Å². The van der Waals surface area contributed by atoms with Gasteiger partial charge in [-0.05, 0) is 43.9 Å². The van der Waals surface area contributed by atoms with E-state index in [0.29, 0.717) is 22.9 Å². The van der Waals surface area contributed by atoms with E-state index in [1.807, 2.05) is 6.07 Å². The Kier molecular flexibility index (Phi) is 5.35. The third-order valence-corrected chi connectivity index (χ3v) is 4.55. The molecule has 0 atom stereocenters. The molecule has 7 heteroatoms. The van der Waals surface area contributed by atoms with Crippen molar-refractivity contribution in [2.24, 2.45) is 0 Å². The Morgan fingerprint density at radius 3 is 2.43 bits per heavy atom. The molecule has 1 saturated carbocycles. The summed E-state index contributed by atoms with van der Waals surface area (Å²) in [6.45, 7) is 0. The van der Waals surface area contributed by atoms with E-state index >= 15 is 0 Å². The van der Waals surface area contributed by atoms with Gasteiger partial charge in [-0.15, -0.1) is 0 Å². The van der Waals surface area contributed by atoms with Gasteiger partial charge in [-0.2, -0.15) is 0 Å². The molecule has 0 radical (unpaired) electrons. The molecule has 0 unspecified atom stereocenters. The standard InChI is InChI=1S/C14H21ClN2O3S/c1-20-12-6-3-10(4-7-12)16-11-5-8-14(13(15)9-11)17-21(2,18)19/h5,8-10,12,16-17H,3-4,6-7H2,1-2H3. The minimum Gasteiger partial charge on any atom is -0.382 e. The van der Waals surface area contributed by atoms with Crippen LogP contribution in [0.15, 0.2) is 18.2 Å². The fraction of sp³-hybridized carbons (Fsp3) is 0.571. The van der Waals surface area contributed by atoms with Crippen molar-refractivity contribution in [1.29, 1.82) is 0 Å². The highest BCUT2D eigenvalue weighted by Crippen LogP contribution is 2.29. The molecule has 0 amide bonds. The van der Waals surface area contributed by atoms with Crippen LogP contribution in [0.2, 0.25) is 5.02 Å². The van der Waals surface area contributed by atoms with E-state index in [1.54, 1.807) is 19.2 Å². The third kappa shape index (κ3) is 5.05. The lowest BCUT2D eigenvalue weighted by Gasteiger charge is -2.29. The van der Waals surface area contributed by atoms with E-state index in [-0.39, 0.29) is 0 Å². The summed E-state index contributed by atoms with van der Waals surface area (Å²) in [5.41, 5.74) is 1.30. The number of hydrogen-bond acceptors (Lipinski definition) is 4. The molecule has 1 aliphatic rings. The Morgan fingerprint density at radius 2 is 1.90 bits per heavy atom. The van der Waals surface area contributed by atoms with Gasteiger partial charge in [-0.3, -0.25) is 4.72 Å². The number of nitrogens with one attached hydrogen (secondary N) is 2. The lowest BCUT2D eigenvalue weighted by Crippen LogP contribution is -2.29. The Bertz CT molecular complexity index is 584. The zero-order chi connectivity index (χ0) is 15.5. The summed E-state index contributed by atoms with van der Waals surface area (Å²) in [6.07, 6.45) is 5.68. The van der Waals surface area contributed by atoms with E-state index < -0.39 is 10.0 Å². The molecule has 1 aromatic carbocycles. The number of sulfonamides is 1. The Hall–Kier alpha value is -0.980. The van der Waals surface area contributed by atoms with Crippen molar-refractivity contribution in [3.63, 3.8) is 0 Å². The highest BCUT2D eigenvalue weighted by Gasteiger charge is 2.20. The average molecular weight is 333 g/mol. The largest absolute Gasteiger partial charge is 0.382 e. The maximum absolute atomic E-state index is 11.2. The van der Waals surface area contributed by atoms with Gasteiger partial charge in [0.2, 0.25) is 10.0 Å². The highest BCUT2D eigenvalue weighted by atomic mass is 35.5. The van der Waals surface area contributed by atoms with Crippen molar-refractivity contribution in [3.05, 3.63) is 23.2 Å². The van der Waals surface area contributed by atoms with Crippen LogP contribution in [0.4, 0.5) is 11.4 Å². The van der Waals surface area contributed by atoms with Gasteiger partial charge < -0.3 is 10.1 Å². The summed E-state index contributed by atoms with van der Waals surface area (Å²) >= 11 is 6.11. The molecule has 0 aromatic heterocycles. The third-order valence-electron chi connectivity index (χ3n) is 3.64. The van der Waals surface area contributed by atoms with Crippen LogP contribution in [-0.2, 0) is 14.8 Å². The summed E-state index contributed by atoms with van der Waals surface area (Å²) < 4.78 is 30.2. The number of halogens is 1. The van der Waals surface area contributed by atoms with Crippen LogP contribution in [0.3, 0.4) is 0 Å². The van der Waals surface area contributed by atoms with E-state index in [0.717, 1.165) is 37.6 Å². The molecule has 0 spiro atoms. The maximum Gasteiger partial charge on any atom is 0.229 e. The minimum absolute atomic E-state index is 0.368. The Balaban J connectivity index is 1.97. The van der Waals surface area contributed by atoms with Crippen molar-refractivity contribution < 1.29 is 13.2 Å². The lowest BCUT2D eigenvalue weighted by atomic mass is 9.93. The van der Waals surface area contributed by atoms with Crippen LogP contribution in [-0.4, -0.2) is 33.9 Å². The van der Waals surface area contributed by atoms with Crippen molar-refractivity contribution in [2.75, 3.05) is 23.4 Å². The highest BCUT2D eigenvalue weighted by molar-refractivity contribution is 7.92. The molecule has 2 rings (SSSR count). The second-order valence-corrected chi connectivity index (χ2v) is 7.58. The van der Waals surface area contributed by atoms with Crippen molar-refractivity contribution in [1.82, 2.24) is 0 Å². The first-order valence-electron chi connectivity index (χ1n) is 6.94. The van der Waals surface area contributed by atoms with Gasteiger partial charge in [0, 0.05) is 18.8 Å². The lowest BCUT2D eigenvalue weighted by molar-refractivity contribution is 0.0682. The fourth-order valence-corrected chi connectivity index (χ4v) is 3.43. The van der Waals surface area contributed by atoms with Gasteiger partial charge in [0.15, 0.2) is 0 Å². The van der Waals surface area contributed by atoms with Gasteiger partial charge in [0.1, 0.15) is 0 Å². The molecule has 0 bridgehead atoms. The zero-order valence-corrected chi connectivity index (χ0v) is 13.8. The molecular formula is C14H21ClN2O3S. The van der Waals surface area contributed by atoms with Gasteiger partial charge in [0.25, 0.3) is 0 Å². The Labute approximate surface area is 131 Å². The number of hydrogen-bond donors (Lipinski definition) is 2. The van der Waals surface area contributed by atoms with E-state index in [2.05, 4.69) is 10.0 Å². The summed E-state index contributed by atoms with van der Waals surface area (Å²) in [5.74, 6) is 0. The quantitative estimate of drug-likeness (QED) is 0.869. The Morgan fingerprint density at radius 1 is 1.24 bits per heavy atom. The second kappa shape index (κ2) is 6.85. The number of ether oxygens (including phenoxy) is 1. The van der Waals surface area contributed by atoms with Crippen molar-refractivity contribution in [2.45, 2.75) is 37.8 Å². The molecule has 1 fully saturated rings. The van der Waals surface area contributed by atoms with Crippen LogP contribution < -0.4 is 10.0 Å². The summed E-state index contributed by atoms with van der Waals surface area (Å²) in [5, 5.41) is 3.82. The number of anilines is 2. The first-order valence-corrected chi connectivity index (χ1v) is 9.21. The zero-order valence-electron chi connectivity index (χ0n) is 12.2. The maximum atomic E-state index is 11.2. The molecular weight excluding hydrogens is 312 g/mol. The molecule has 0 aliphatic heterocycles. The number of rotatable bonds is 5. The van der Waals surface area contributed by atoms with E-state index in [1.165, 1.54) is 0 Å². The monoisotopic (exact) mass is 332 g/mol. The number of benzene rings is 1. The van der Waals surface area contributed by atoms with Gasteiger partial charge in [0.05, 0.1) is 23.1 Å². The first-order chi connectivity index (χ1) is 9.87.